The predicted molar refractivity (Wildman–Crippen MR) is 86.1 cm³/mol. The Bertz CT molecular complexity index is 1140. The lowest BCUT2D eigenvalue weighted by Crippen LogP contribution is -2.41. The van der Waals surface area contributed by atoms with Gasteiger partial charge in [0.15, 0.2) is 4.90 Å². The third-order valence-electron chi connectivity index (χ3n) is 3.68. The zero-order valence-corrected chi connectivity index (χ0v) is 13.8. The van der Waals surface area contributed by atoms with Crippen LogP contribution in [0.25, 0.3) is 5.52 Å². The summed E-state index contributed by atoms with van der Waals surface area (Å²) in [5, 5.41) is 4.08. The standard InChI is InChI=1S/C14H15N5O4S/c1-17-9-12(13(20)18(2)14(17)21)24(22,23)16-8-10-4-3-7-19-11(10)5-6-15-19/h3-7,9,16H,8H2,1-2H3. The third-order valence-corrected chi connectivity index (χ3v) is 5.06. The van der Waals surface area contributed by atoms with Crippen molar-refractivity contribution in [2.45, 2.75) is 11.4 Å². The molecule has 3 rings (SSSR count). The Balaban J connectivity index is 1.97. The summed E-state index contributed by atoms with van der Waals surface area (Å²) in [6, 6.07) is 5.27. The average molecular weight is 349 g/mol. The number of aryl methyl sites for hydroxylation is 1. The summed E-state index contributed by atoms with van der Waals surface area (Å²) in [7, 11) is -1.46. The van der Waals surface area contributed by atoms with Crippen LogP contribution in [0.1, 0.15) is 5.56 Å². The van der Waals surface area contributed by atoms with Crippen LogP contribution in [0.3, 0.4) is 0 Å². The van der Waals surface area contributed by atoms with Crippen LogP contribution < -0.4 is 16.0 Å². The van der Waals surface area contributed by atoms with E-state index in [1.807, 2.05) is 0 Å². The van der Waals surface area contributed by atoms with Gasteiger partial charge in [0.05, 0.1) is 5.52 Å². The van der Waals surface area contributed by atoms with Crippen molar-refractivity contribution in [1.29, 1.82) is 0 Å². The molecule has 126 valence electrons. The third kappa shape index (κ3) is 2.65. The lowest BCUT2D eigenvalue weighted by Gasteiger charge is -2.10. The molecule has 24 heavy (non-hydrogen) atoms. The van der Waals surface area contributed by atoms with E-state index < -0.39 is 26.2 Å². The summed E-state index contributed by atoms with van der Waals surface area (Å²) in [6.07, 6.45) is 4.37. The zero-order valence-electron chi connectivity index (χ0n) is 13.0. The number of nitrogens with zero attached hydrogens (tertiary/aromatic N) is 4. The molecule has 0 amide bonds. The first-order valence-electron chi connectivity index (χ1n) is 6.99. The molecule has 3 aromatic rings. The highest BCUT2D eigenvalue weighted by Gasteiger charge is 2.21. The van der Waals surface area contributed by atoms with Gasteiger partial charge in [0.2, 0.25) is 10.0 Å². The Kier molecular flexibility index (Phi) is 3.85. The van der Waals surface area contributed by atoms with Gasteiger partial charge in [-0.1, -0.05) is 6.07 Å². The van der Waals surface area contributed by atoms with E-state index in [0.29, 0.717) is 5.56 Å². The van der Waals surface area contributed by atoms with Crippen molar-refractivity contribution in [2.75, 3.05) is 0 Å². The van der Waals surface area contributed by atoms with Gasteiger partial charge >= 0.3 is 5.69 Å². The van der Waals surface area contributed by atoms with E-state index in [1.54, 1.807) is 35.1 Å². The van der Waals surface area contributed by atoms with Crippen LogP contribution in [0.15, 0.2) is 51.3 Å². The highest BCUT2D eigenvalue weighted by Crippen LogP contribution is 2.11. The van der Waals surface area contributed by atoms with Crippen molar-refractivity contribution in [3.05, 3.63) is 63.2 Å². The van der Waals surface area contributed by atoms with E-state index in [9.17, 15) is 18.0 Å². The number of aromatic nitrogens is 4. The molecule has 0 atom stereocenters. The first-order valence-corrected chi connectivity index (χ1v) is 8.47. The van der Waals surface area contributed by atoms with Crippen LogP contribution in [0.5, 0.6) is 0 Å². The molecule has 0 saturated heterocycles. The Hall–Kier alpha value is -2.72. The number of sulfonamides is 1. The lowest BCUT2D eigenvalue weighted by atomic mass is 10.2. The molecule has 0 aliphatic heterocycles. The van der Waals surface area contributed by atoms with Crippen molar-refractivity contribution >= 4 is 15.5 Å². The maximum Gasteiger partial charge on any atom is 0.330 e. The van der Waals surface area contributed by atoms with E-state index in [0.717, 1.165) is 20.8 Å². The molecule has 0 radical (unpaired) electrons. The van der Waals surface area contributed by atoms with Crippen LogP contribution >= 0.6 is 0 Å². The SMILES string of the molecule is Cn1cc(S(=O)(=O)NCc2cccn3nccc23)c(=O)n(C)c1=O. The lowest BCUT2D eigenvalue weighted by molar-refractivity contribution is 0.570. The second-order valence-corrected chi connectivity index (χ2v) is 7.01. The summed E-state index contributed by atoms with van der Waals surface area (Å²) in [6.45, 7) is -0.00956. The number of hydrogen-bond acceptors (Lipinski definition) is 5. The van der Waals surface area contributed by atoms with Crippen molar-refractivity contribution in [2.24, 2.45) is 14.1 Å². The fraction of sp³-hybridized carbons (Fsp3) is 0.214. The first kappa shape index (κ1) is 16.1. The van der Waals surface area contributed by atoms with E-state index in [-0.39, 0.29) is 6.54 Å². The summed E-state index contributed by atoms with van der Waals surface area (Å²) in [4.78, 5) is 23.3. The molecule has 0 unspecified atom stereocenters. The first-order chi connectivity index (χ1) is 11.3. The van der Waals surface area contributed by atoms with Crippen LogP contribution in [0.4, 0.5) is 0 Å². The van der Waals surface area contributed by atoms with Gasteiger partial charge in [0.25, 0.3) is 5.56 Å². The Morgan fingerprint density at radius 2 is 1.96 bits per heavy atom. The van der Waals surface area contributed by atoms with Crippen LogP contribution in [-0.2, 0) is 30.7 Å². The van der Waals surface area contributed by atoms with Crippen molar-refractivity contribution in [3.63, 3.8) is 0 Å². The molecule has 0 saturated carbocycles. The summed E-state index contributed by atoms with van der Waals surface area (Å²) >= 11 is 0. The molecule has 9 nitrogen and oxygen atoms in total. The molecule has 0 bridgehead atoms. The van der Waals surface area contributed by atoms with E-state index in [1.165, 1.54) is 14.1 Å². The van der Waals surface area contributed by atoms with E-state index in [2.05, 4.69) is 9.82 Å². The quantitative estimate of drug-likeness (QED) is 0.664. The number of nitrogens with one attached hydrogen (secondary N) is 1. The zero-order chi connectivity index (χ0) is 17.5. The smallest absolute Gasteiger partial charge is 0.302 e. The maximum atomic E-state index is 12.5. The van der Waals surface area contributed by atoms with Crippen LogP contribution in [0.2, 0.25) is 0 Å². The number of fused-ring (bicyclic) bond motifs is 1. The van der Waals surface area contributed by atoms with Crippen molar-refractivity contribution in [3.8, 4) is 0 Å². The number of hydrogen-bond donors (Lipinski definition) is 1. The summed E-state index contributed by atoms with van der Waals surface area (Å²) in [5.74, 6) is 0. The molecule has 0 aliphatic carbocycles. The van der Waals surface area contributed by atoms with Crippen LogP contribution in [0, 0.1) is 0 Å². The van der Waals surface area contributed by atoms with Gasteiger partial charge in [-0.05, 0) is 17.7 Å². The highest BCUT2D eigenvalue weighted by atomic mass is 32.2. The van der Waals surface area contributed by atoms with Gasteiger partial charge in [-0.25, -0.2) is 22.4 Å². The molecule has 0 aromatic carbocycles. The predicted octanol–water partition coefficient (Wildman–Crippen LogP) is -0.790. The Morgan fingerprint density at radius 3 is 2.71 bits per heavy atom. The molecule has 10 heteroatoms. The maximum absolute atomic E-state index is 12.5. The molecule has 0 spiro atoms. The molecular weight excluding hydrogens is 334 g/mol. The van der Waals surface area contributed by atoms with Gasteiger partial charge in [-0.15, -0.1) is 0 Å². The average Bonchev–Trinajstić information content (AvgIpc) is 3.03. The Morgan fingerprint density at radius 1 is 1.21 bits per heavy atom. The largest absolute Gasteiger partial charge is 0.330 e. The molecular formula is C14H15N5O4S. The number of rotatable bonds is 4. The minimum atomic E-state index is -4.08. The summed E-state index contributed by atoms with van der Waals surface area (Å²) in [5.41, 5.74) is 0.00456. The molecule has 0 aliphatic rings. The van der Waals surface area contributed by atoms with Gasteiger partial charge in [-0.3, -0.25) is 9.36 Å². The molecule has 1 N–H and O–H groups in total. The van der Waals surface area contributed by atoms with Gasteiger partial charge in [0.1, 0.15) is 0 Å². The van der Waals surface area contributed by atoms with Gasteiger partial charge in [-0.2, -0.15) is 5.10 Å². The minimum Gasteiger partial charge on any atom is -0.302 e. The minimum absolute atomic E-state index is 0.00956. The fourth-order valence-corrected chi connectivity index (χ4v) is 3.54. The van der Waals surface area contributed by atoms with Gasteiger partial charge < -0.3 is 4.57 Å². The fourth-order valence-electron chi connectivity index (χ4n) is 2.37. The molecule has 3 aromatic heterocycles. The number of pyridine rings is 1. The highest BCUT2D eigenvalue weighted by molar-refractivity contribution is 7.89. The monoisotopic (exact) mass is 349 g/mol. The Labute approximate surface area is 136 Å². The van der Waals surface area contributed by atoms with Crippen LogP contribution in [-0.4, -0.2) is 27.2 Å². The van der Waals surface area contributed by atoms with E-state index in [4.69, 9.17) is 0 Å². The molecule has 3 heterocycles. The topological polar surface area (TPSA) is 107 Å². The normalized spacial score (nSPS) is 11.9. The second-order valence-electron chi connectivity index (χ2n) is 5.27. The van der Waals surface area contributed by atoms with Crippen molar-refractivity contribution < 1.29 is 8.42 Å². The second kappa shape index (κ2) is 5.73. The molecule has 0 fully saturated rings. The van der Waals surface area contributed by atoms with Crippen molar-refractivity contribution in [1.82, 2.24) is 23.5 Å². The van der Waals surface area contributed by atoms with E-state index >= 15 is 0 Å². The summed E-state index contributed by atoms with van der Waals surface area (Å²) < 4.78 is 30.7. The van der Waals surface area contributed by atoms with Gasteiger partial charge in [0, 0.05) is 39.2 Å².